The molecule has 2 aromatic rings. The van der Waals surface area contributed by atoms with Crippen molar-refractivity contribution in [2.24, 2.45) is 17.8 Å². The van der Waals surface area contributed by atoms with Gasteiger partial charge in [0.1, 0.15) is 0 Å². The fourth-order valence-corrected chi connectivity index (χ4v) is 7.35. The van der Waals surface area contributed by atoms with Crippen LogP contribution in [0.15, 0.2) is 42.5 Å². The summed E-state index contributed by atoms with van der Waals surface area (Å²) in [4.78, 5) is 24.3. The van der Waals surface area contributed by atoms with Gasteiger partial charge in [-0.3, -0.25) is 9.59 Å². The van der Waals surface area contributed by atoms with Gasteiger partial charge in [-0.1, -0.05) is 24.3 Å². The molecule has 5 heteroatoms. The molecular formula is C28H33N3O2. The molecule has 2 aromatic carbocycles. The van der Waals surface area contributed by atoms with Gasteiger partial charge in [-0.05, 0) is 98.4 Å². The smallest absolute Gasteiger partial charge is 0.228 e. The Hall–Kier alpha value is -2.82. The number of hydrogen-bond donors (Lipinski definition) is 3. The van der Waals surface area contributed by atoms with Crippen molar-refractivity contribution in [3.05, 3.63) is 53.6 Å². The molecule has 0 aromatic heterocycles. The third-order valence-electron chi connectivity index (χ3n) is 8.30. The monoisotopic (exact) mass is 443 g/mol. The van der Waals surface area contributed by atoms with E-state index in [2.05, 4.69) is 34.1 Å². The molecular weight excluding hydrogens is 410 g/mol. The van der Waals surface area contributed by atoms with Crippen LogP contribution in [0.2, 0.25) is 0 Å². The van der Waals surface area contributed by atoms with Crippen molar-refractivity contribution in [1.29, 1.82) is 0 Å². The Morgan fingerprint density at radius 1 is 0.970 bits per heavy atom. The van der Waals surface area contributed by atoms with E-state index in [4.69, 9.17) is 0 Å². The topological polar surface area (TPSA) is 70.2 Å². The van der Waals surface area contributed by atoms with Crippen LogP contribution in [-0.2, 0) is 22.4 Å². The van der Waals surface area contributed by atoms with E-state index in [1.54, 1.807) is 0 Å². The summed E-state index contributed by atoms with van der Waals surface area (Å²) in [5.41, 5.74) is 5.36. The number of nitrogens with one attached hydrogen (secondary N) is 3. The summed E-state index contributed by atoms with van der Waals surface area (Å²) in [5, 5.41) is 9.96. The Bertz CT molecular complexity index is 1060. The summed E-state index contributed by atoms with van der Waals surface area (Å²) < 4.78 is 0. The molecule has 7 rings (SSSR count). The summed E-state index contributed by atoms with van der Waals surface area (Å²) >= 11 is 0. The lowest BCUT2D eigenvalue weighted by molar-refractivity contribution is -0.116. The summed E-state index contributed by atoms with van der Waals surface area (Å²) in [7, 11) is 0. The number of carbonyl (C=O) groups is 2. The van der Waals surface area contributed by atoms with Gasteiger partial charge in [-0.2, -0.15) is 0 Å². The molecule has 2 amide bonds. The summed E-state index contributed by atoms with van der Waals surface area (Å²) in [6, 6.07) is 14.3. The normalized spacial score (nSPS) is 29.0. The number of rotatable bonds is 7. The van der Waals surface area contributed by atoms with Crippen LogP contribution in [0.3, 0.4) is 0 Å². The minimum atomic E-state index is 0.0577. The molecule has 0 saturated heterocycles. The second-order valence-electron chi connectivity index (χ2n) is 11.0. The zero-order valence-corrected chi connectivity index (χ0v) is 19.2. The van der Waals surface area contributed by atoms with Gasteiger partial charge >= 0.3 is 0 Å². The maximum atomic E-state index is 12.8. The largest absolute Gasteiger partial charge is 0.378 e. The molecule has 5 aliphatic rings. The van der Waals surface area contributed by atoms with Crippen molar-refractivity contribution < 1.29 is 9.59 Å². The first-order valence-corrected chi connectivity index (χ1v) is 12.6. The zero-order valence-electron chi connectivity index (χ0n) is 19.2. The van der Waals surface area contributed by atoms with Crippen molar-refractivity contribution in [3.8, 4) is 0 Å². The average Bonchev–Trinajstić information content (AvgIpc) is 3.13. The van der Waals surface area contributed by atoms with Crippen molar-refractivity contribution in [2.75, 3.05) is 16.0 Å². The number of benzene rings is 2. The molecule has 1 heterocycles. The standard InChI is InChI=1S/C28H33N3O2/c32-26(7-3-4-18-8-9-23-22(13-18)14-27(33)29-23)30-24-5-1-2-6-25(24)31-28-15-19-10-20(16-28)12-21(11-19)17-28/h1-2,5-6,8-9,13,19-21,31H,3-4,7,10-12,14-17H2,(H,29,33)(H,30,32). The molecule has 4 bridgehead atoms. The number of anilines is 3. The third kappa shape index (κ3) is 4.25. The Labute approximate surface area is 195 Å². The molecule has 4 fully saturated rings. The second kappa shape index (κ2) is 8.19. The molecule has 0 spiro atoms. The molecule has 0 unspecified atom stereocenters. The van der Waals surface area contributed by atoms with Gasteiger partial charge < -0.3 is 16.0 Å². The summed E-state index contributed by atoms with van der Waals surface area (Å²) in [6.07, 6.45) is 10.7. The molecule has 0 atom stereocenters. The molecule has 5 nitrogen and oxygen atoms in total. The van der Waals surface area contributed by atoms with Crippen LogP contribution in [0.5, 0.6) is 0 Å². The first kappa shape index (κ1) is 20.8. The summed E-state index contributed by atoms with van der Waals surface area (Å²) in [5.74, 6) is 2.78. The molecule has 0 radical (unpaired) electrons. The van der Waals surface area contributed by atoms with Crippen LogP contribution in [0.1, 0.15) is 62.5 Å². The number of carbonyl (C=O) groups excluding carboxylic acids is 2. The first-order valence-electron chi connectivity index (χ1n) is 12.6. The van der Waals surface area contributed by atoms with Crippen LogP contribution in [0.4, 0.5) is 17.1 Å². The zero-order chi connectivity index (χ0) is 22.4. The van der Waals surface area contributed by atoms with E-state index < -0.39 is 0 Å². The lowest BCUT2D eigenvalue weighted by Crippen LogP contribution is -2.54. The highest BCUT2D eigenvalue weighted by atomic mass is 16.2. The number of para-hydroxylation sites is 2. The van der Waals surface area contributed by atoms with Crippen LogP contribution in [-0.4, -0.2) is 17.4 Å². The minimum absolute atomic E-state index is 0.0577. The highest BCUT2D eigenvalue weighted by Gasteiger charge is 2.51. The number of fused-ring (bicyclic) bond motifs is 1. The SMILES string of the molecule is O=C1Cc2cc(CCCC(=O)Nc3ccccc3NC34CC5CC(CC(C5)C3)C4)ccc2N1. The number of hydrogen-bond acceptors (Lipinski definition) is 3. The van der Waals surface area contributed by atoms with E-state index in [9.17, 15) is 9.59 Å². The second-order valence-corrected chi connectivity index (χ2v) is 11.0. The van der Waals surface area contributed by atoms with Gasteiger partial charge in [0, 0.05) is 17.6 Å². The molecule has 1 aliphatic heterocycles. The maximum Gasteiger partial charge on any atom is 0.228 e. The van der Waals surface area contributed by atoms with E-state index in [-0.39, 0.29) is 17.4 Å². The Balaban J connectivity index is 1.06. The van der Waals surface area contributed by atoms with Crippen molar-refractivity contribution in [1.82, 2.24) is 0 Å². The molecule has 4 saturated carbocycles. The Morgan fingerprint density at radius 2 is 1.67 bits per heavy atom. The van der Waals surface area contributed by atoms with Crippen molar-refractivity contribution in [2.45, 2.75) is 69.7 Å². The number of aryl methyl sites for hydroxylation is 1. The van der Waals surface area contributed by atoms with Crippen molar-refractivity contribution in [3.63, 3.8) is 0 Å². The minimum Gasteiger partial charge on any atom is -0.378 e. The van der Waals surface area contributed by atoms with Gasteiger partial charge in [-0.15, -0.1) is 0 Å². The van der Waals surface area contributed by atoms with Crippen LogP contribution in [0, 0.1) is 17.8 Å². The molecule has 3 N–H and O–H groups in total. The molecule has 172 valence electrons. The van der Waals surface area contributed by atoms with E-state index in [0.717, 1.165) is 53.2 Å². The van der Waals surface area contributed by atoms with Gasteiger partial charge in [0.15, 0.2) is 0 Å². The highest BCUT2D eigenvalue weighted by Crippen LogP contribution is 2.56. The van der Waals surface area contributed by atoms with Crippen LogP contribution < -0.4 is 16.0 Å². The molecule has 4 aliphatic carbocycles. The van der Waals surface area contributed by atoms with E-state index >= 15 is 0 Å². The van der Waals surface area contributed by atoms with Crippen molar-refractivity contribution >= 4 is 28.9 Å². The maximum absolute atomic E-state index is 12.8. The predicted molar refractivity (Wildman–Crippen MR) is 131 cm³/mol. The van der Waals surface area contributed by atoms with Gasteiger partial charge in [0.25, 0.3) is 0 Å². The highest BCUT2D eigenvalue weighted by molar-refractivity contribution is 5.99. The van der Waals surface area contributed by atoms with Gasteiger partial charge in [0.2, 0.25) is 11.8 Å². The predicted octanol–water partition coefficient (Wildman–Crippen LogP) is 5.52. The first-order chi connectivity index (χ1) is 16.0. The Morgan fingerprint density at radius 3 is 2.39 bits per heavy atom. The Kier molecular flexibility index (Phi) is 5.16. The fraction of sp³-hybridized carbons (Fsp3) is 0.500. The van der Waals surface area contributed by atoms with E-state index in [1.807, 2.05) is 24.3 Å². The summed E-state index contributed by atoms with van der Waals surface area (Å²) in [6.45, 7) is 0. The quantitative estimate of drug-likeness (QED) is 0.527. The van der Waals surface area contributed by atoms with Crippen LogP contribution >= 0.6 is 0 Å². The van der Waals surface area contributed by atoms with Crippen LogP contribution in [0.25, 0.3) is 0 Å². The van der Waals surface area contributed by atoms with Gasteiger partial charge in [0.05, 0.1) is 17.8 Å². The lowest BCUT2D eigenvalue weighted by atomic mass is 9.53. The van der Waals surface area contributed by atoms with Gasteiger partial charge in [-0.25, -0.2) is 0 Å². The third-order valence-corrected chi connectivity index (χ3v) is 8.30. The van der Waals surface area contributed by atoms with E-state index in [0.29, 0.717) is 12.8 Å². The molecule has 33 heavy (non-hydrogen) atoms. The van der Waals surface area contributed by atoms with E-state index in [1.165, 1.54) is 44.1 Å². The fourth-order valence-electron chi connectivity index (χ4n) is 7.35. The lowest BCUT2D eigenvalue weighted by Gasteiger charge is -2.57. The number of amides is 2. The average molecular weight is 444 g/mol.